The number of hydrogen-bond acceptors (Lipinski definition) is 3. The molecule has 0 radical (unpaired) electrons. The van der Waals surface area contributed by atoms with Gasteiger partial charge in [-0.1, -0.05) is 19.1 Å². The molecular weight excluding hydrogens is 194 g/mol. The molecule has 0 saturated heterocycles. The van der Waals surface area contributed by atoms with Gasteiger partial charge in [0.15, 0.2) is 5.78 Å². The molecule has 2 N–H and O–H groups in total. The third-order valence-electron chi connectivity index (χ3n) is 2.17. The van der Waals surface area contributed by atoms with E-state index in [0.717, 1.165) is 20.7 Å². The Hall–Kier alpha value is -1.35. The summed E-state index contributed by atoms with van der Waals surface area (Å²) in [6.45, 7) is 1.87. The van der Waals surface area contributed by atoms with Gasteiger partial charge in [0.25, 0.3) is 0 Å². The van der Waals surface area contributed by atoms with Crippen molar-refractivity contribution in [2.45, 2.75) is 13.3 Å². The van der Waals surface area contributed by atoms with Crippen LogP contribution in [-0.2, 0) is 0 Å². The van der Waals surface area contributed by atoms with E-state index in [1.54, 1.807) is 0 Å². The second kappa shape index (κ2) is 3.42. The molecule has 0 aliphatic rings. The minimum absolute atomic E-state index is 0.186. The van der Waals surface area contributed by atoms with Crippen LogP contribution in [0.1, 0.15) is 23.0 Å². The van der Waals surface area contributed by atoms with Crippen LogP contribution in [0.4, 0.5) is 5.69 Å². The van der Waals surface area contributed by atoms with Crippen LogP contribution in [0.25, 0.3) is 10.1 Å². The number of benzene rings is 1. The van der Waals surface area contributed by atoms with Crippen LogP contribution >= 0.6 is 11.3 Å². The lowest BCUT2D eigenvalue weighted by Gasteiger charge is -1.92. The van der Waals surface area contributed by atoms with Gasteiger partial charge in [-0.05, 0) is 17.5 Å². The normalized spacial score (nSPS) is 10.6. The van der Waals surface area contributed by atoms with E-state index in [1.165, 1.54) is 11.3 Å². The molecule has 0 aliphatic heterocycles. The molecule has 0 fully saturated rings. The summed E-state index contributed by atoms with van der Waals surface area (Å²) in [4.78, 5) is 12.3. The van der Waals surface area contributed by atoms with E-state index in [-0.39, 0.29) is 5.78 Å². The molecule has 2 aromatic rings. The third-order valence-corrected chi connectivity index (χ3v) is 3.41. The van der Waals surface area contributed by atoms with Crippen LogP contribution in [0, 0.1) is 0 Å². The summed E-state index contributed by atoms with van der Waals surface area (Å²) in [7, 11) is 0. The average molecular weight is 205 g/mol. The molecule has 3 heteroatoms. The fraction of sp³-hybridized carbons (Fsp3) is 0.182. The molecule has 0 aliphatic carbocycles. The molecule has 1 aromatic carbocycles. The highest BCUT2D eigenvalue weighted by Crippen LogP contribution is 2.30. The Morgan fingerprint density at radius 1 is 1.50 bits per heavy atom. The summed E-state index contributed by atoms with van der Waals surface area (Å²) in [5.74, 6) is 0.186. The standard InChI is InChI=1S/C11H11NOS/c1-2-9(13)10-6-7-4-3-5-8(12)11(7)14-10/h3-6H,2,12H2,1H3. The molecule has 14 heavy (non-hydrogen) atoms. The predicted octanol–water partition coefficient (Wildman–Crippen LogP) is 3.08. The molecule has 0 saturated carbocycles. The first-order valence-electron chi connectivity index (χ1n) is 4.53. The van der Waals surface area contributed by atoms with Crippen molar-refractivity contribution in [1.82, 2.24) is 0 Å². The highest BCUT2D eigenvalue weighted by molar-refractivity contribution is 7.21. The highest BCUT2D eigenvalue weighted by Gasteiger charge is 2.09. The van der Waals surface area contributed by atoms with Crippen LogP contribution in [0.15, 0.2) is 24.3 Å². The quantitative estimate of drug-likeness (QED) is 0.604. The van der Waals surface area contributed by atoms with Crippen LogP contribution in [0.5, 0.6) is 0 Å². The summed E-state index contributed by atoms with van der Waals surface area (Å²) in [6, 6.07) is 7.67. The number of nitrogen functional groups attached to an aromatic ring is 1. The van der Waals surface area contributed by atoms with Gasteiger partial charge in [-0.25, -0.2) is 0 Å². The van der Waals surface area contributed by atoms with E-state index in [1.807, 2.05) is 31.2 Å². The molecule has 2 rings (SSSR count). The van der Waals surface area contributed by atoms with E-state index < -0.39 is 0 Å². The first-order chi connectivity index (χ1) is 6.72. The first-order valence-corrected chi connectivity index (χ1v) is 5.35. The summed E-state index contributed by atoms with van der Waals surface area (Å²) >= 11 is 1.48. The largest absolute Gasteiger partial charge is 0.398 e. The lowest BCUT2D eigenvalue weighted by atomic mass is 10.2. The maximum absolute atomic E-state index is 11.5. The molecule has 2 nitrogen and oxygen atoms in total. The van der Waals surface area contributed by atoms with Crippen LogP contribution in [0.2, 0.25) is 0 Å². The van der Waals surface area contributed by atoms with Gasteiger partial charge in [-0.15, -0.1) is 11.3 Å². The summed E-state index contributed by atoms with van der Waals surface area (Å²) < 4.78 is 1.02. The molecule has 0 spiro atoms. The number of rotatable bonds is 2. The van der Waals surface area contributed by atoms with Crippen molar-refractivity contribution in [1.29, 1.82) is 0 Å². The number of nitrogens with two attached hydrogens (primary N) is 1. The van der Waals surface area contributed by atoms with Crippen LogP contribution in [0.3, 0.4) is 0 Å². The molecule has 72 valence electrons. The maximum atomic E-state index is 11.5. The van der Waals surface area contributed by atoms with Gasteiger partial charge in [0.2, 0.25) is 0 Å². The predicted molar refractivity (Wildman–Crippen MR) is 60.9 cm³/mol. The first kappa shape index (κ1) is 9.21. The van der Waals surface area contributed by atoms with Gasteiger partial charge in [-0.2, -0.15) is 0 Å². The molecule has 1 heterocycles. The lowest BCUT2D eigenvalue weighted by Crippen LogP contribution is -1.90. The van der Waals surface area contributed by atoms with Crippen molar-refractivity contribution in [2.75, 3.05) is 5.73 Å². The number of anilines is 1. The van der Waals surface area contributed by atoms with Gasteiger partial charge in [-0.3, -0.25) is 4.79 Å². The molecule has 0 atom stereocenters. The summed E-state index contributed by atoms with van der Waals surface area (Å²) in [6.07, 6.45) is 0.548. The van der Waals surface area contributed by atoms with Crippen molar-refractivity contribution in [3.63, 3.8) is 0 Å². The monoisotopic (exact) mass is 205 g/mol. The zero-order valence-corrected chi connectivity index (χ0v) is 8.73. The minimum atomic E-state index is 0.186. The van der Waals surface area contributed by atoms with Gasteiger partial charge in [0, 0.05) is 12.1 Å². The number of carbonyl (C=O) groups excluding carboxylic acids is 1. The van der Waals surface area contributed by atoms with Gasteiger partial charge in [0.05, 0.1) is 9.58 Å². The molecule has 0 bridgehead atoms. The number of Topliss-reactive ketones (excluding diaryl/α,β-unsaturated/α-hetero) is 1. The fourth-order valence-corrected chi connectivity index (χ4v) is 2.49. The number of carbonyl (C=O) groups is 1. The van der Waals surface area contributed by atoms with Crippen molar-refractivity contribution in [3.8, 4) is 0 Å². The topological polar surface area (TPSA) is 43.1 Å². The van der Waals surface area contributed by atoms with Crippen molar-refractivity contribution >= 4 is 32.9 Å². The number of hydrogen-bond donors (Lipinski definition) is 1. The van der Waals surface area contributed by atoms with Gasteiger partial charge in [0.1, 0.15) is 0 Å². The smallest absolute Gasteiger partial charge is 0.172 e. The second-order valence-electron chi connectivity index (χ2n) is 3.15. The Balaban J connectivity index is 2.62. The molecular formula is C11H11NOS. The van der Waals surface area contributed by atoms with E-state index >= 15 is 0 Å². The number of ketones is 1. The van der Waals surface area contributed by atoms with Crippen LogP contribution < -0.4 is 5.73 Å². The van der Waals surface area contributed by atoms with Crippen molar-refractivity contribution < 1.29 is 4.79 Å². The number of fused-ring (bicyclic) bond motifs is 1. The van der Waals surface area contributed by atoms with Crippen molar-refractivity contribution in [2.24, 2.45) is 0 Å². The average Bonchev–Trinajstić information content (AvgIpc) is 2.62. The zero-order valence-electron chi connectivity index (χ0n) is 7.91. The maximum Gasteiger partial charge on any atom is 0.172 e. The number of thiophene rings is 1. The van der Waals surface area contributed by atoms with Crippen LogP contribution in [-0.4, -0.2) is 5.78 Å². The van der Waals surface area contributed by atoms with E-state index in [0.29, 0.717) is 6.42 Å². The van der Waals surface area contributed by atoms with E-state index in [9.17, 15) is 4.79 Å². The molecule has 1 aromatic heterocycles. The van der Waals surface area contributed by atoms with Gasteiger partial charge < -0.3 is 5.73 Å². The molecule has 0 amide bonds. The Bertz CT molecular complexity index is 487. The summed E-state index contributed by atoms with van der Waals surface area (Å²) in [5.41, 5.74) is 6.56. The zero-order chi connectivity index (χ0) is 10.1. The van der Waals surface area contributed by atoms with E-state index in [4.69, 9.17) is 5.73 Å². The second-order valence-corrected chi connectivity index (χ2v) is 4.21. The molecule has 0 unspecified atom stereocenters. The Kier molecular flexibility index (Phi) is 2.25. The van der Waals surface area contributed by atoms with E-state index in [2.05, 4.69) is 0 Å². The minimum Gasteiger partial charge on any atom is -0.398 e. The van der Waals surface area contributed by atoms with Crippen molar-refractivity contribution in [3.05, 3.63) is 29.1 Å². The SMILES string of the molecule is CCC(=O)c1cc2cccc(N)c2s1. The third kappa shape index (κ3) is 1.40. The fourth-order valence-electron chi connectivity index (χ4n) is 1.40. The highest BCUT2D eigenvalue weighted by atomic mass is 32.1. The Labute approximate surface area is 86.3 Å². The van der Waals surface area contributed by atoms with Gasteiger partial charge >= 0.3 is 0 Å². The Morgan fingerprint density at radius 3 is 2.93 bits per heavy atom. The lowest BCUT2D eigenvalue weighted by molar-refractivity contribution is 0.0992. The Morgan fingerprint density at radius 2 is 2.29 bits per heavy atom. The summed E-state index contributed by atoms with van der Waals surface area (Å²) in [5, 5.41) is 1.06.